The summed E-state index contributed by atoms with van der Waals surface area (Å²) in [5.74, 6) is -3.05. The van der Waals surface area contributed by atoms with E-state index in [-0.39, 0.29) is 11.4 Å². The number of halogens is 2. The Morgan fingerprint density at radius 2 is 2.12 bits per heavy atom. The number of carbonyl (C=O) groups is 1. The van der Waals surface area contributed by atoms with Crippen molar-refractivity contribution < 1.29 is 18.0 Å². The largest absolute Gasteiger partial charge is 0.472 e. The summed E-state index contributed by atoms with van der Waals surface area (Å²) in [5.41, 5.74) is 6.89. The molecule has 4 N–H and O–H groups in total. The van der Waals surface area contributed by atoms with Gasteiger partial charge in [0, 0.05) is 22.7 Å². The van der Waals surface area contributed by atoms with Crippen LogP contribution >= 0.6 is 0 Å². The number of H-pyrrole nitrogens is 1. The molecular formula is C18H12F2N4O2. The first kappa shape index (κ1) is 15.8. The van der Waals surface area contributed by atoms with E-state index in [9.17, 15) is 13.6 Å². The number of nitrogens with one attached hydrogen (secondary N) is 2. The maximum absolute atomic E-state index is 14.0. The van der Waals surface area contributed by atoms with Crippen LogP contribution in [0.2, 0.25) is 0 Å². The quantitative estimate of drug-likeness (QED) is 0.486. The average Bonchev–Trinajstić information content (AvgIpc) is 3.27. The van der Waals surface area contributed by atoms with Crippen LogP contribution in [0.25, 0.3) is 22.2 Å². The number of hydrogen-bond acceptors (Lipinski definition) is 4. The average molecular weight is 354 g/mol. The molecule has 130 valence electrons. The van der Waals surface area contributed by atoms with E-state index in [1.165, 1.54) is 6.20 Å². The number of anilines is 2. The molecule has 1 aromatic carbocycles. The summed E-state index contributed by atoms with van der Waals surface area (Å²) in [5, 5.41) is 3.17. The van der Waals surface area contributed by atoms with Crippen LogP contribution in [-0.2, 0) is 0 Å². The fourth-order valence-corrected chi connectivity index (χ4v) is 2.70. The SMILES string of the molecule is Nc1ccc(F)c(C(=O)Nc2cnc3[nH]cc(-c4ccoc4)c3c2)c1F. The summed E-state index contributed by atoms with van der Waals surface area (Å²) in [4.78, 5) is 19.5. The molecular weight excluding hydrogens is 342 g/mol. The first-order chi connectivity index (χ1) is 12.5. The van der Waals surface area contributed by atoms with Crippen LogP contribution in [0, 0.1) is 11.6 Å². The van der Waals surface area contributed by atoms with Gasteiger partial charge >= 0.3 is 0 Å². The Bertz CT molecular complexity index is 1120. The second kappa shape index (κ2) is 5.99. The van der Waals surface area contributed by atoms with Crippen LogP contribution in [0.1, 0.15) is 10.4 Å². The van der Waals surface area contributed by atoms with Crippen molar-refractivity contribution in [3.8, 4) is 11.1 Å². The number of amides is 1. The highest BCUT2D eigenvalue weighted by molar-refractivity contribution is 6.06. The van der Waals surface area contributed by atoms with Gasteiger partial charge in [-0.2, -0.15) is 0 Å². The number of aromatic nitrogens is 2. The smallest absolute Gasteiger partial charge is 0.261 e. The third-order valence-corrected chi connectivity index (χ3v) is 3.97. The molecule has 0 aliphatic carbocycles. The van der Waals surface area contributed by atoms with Crippen LogP contribution in [-0.4, -0.2) is 15.9 Å². The molecule has 0 radical (unpaired) electrons. The molecule has 0 atom stereocenters. The van der Waals surface area contributed by atoms with Crippen LogP contribution < -0.4 is 11.1 Å². The predicted molar refractivity (Wildman–Crippen MR) is 92.5 cm³/mol. The standard InChI is InChI=1S/C18H12F2N4O2/c19-13-1-2-14(21)16(20)15(13)18(25)24-10-5-11-12(9-3-4-26-8-9)7-23-17(11)22-6-10/h1-8H,21H2,(H,22,23)(H,24,25). The van der Waals surface area contributed by atoms with Crippen molar-refractivity contribution >= 4 is 28.3 Å². The van der Waals surface area contributed by atoms with Crippen molar-refractivity contribution in [2.45, 2.75) is 0 Å². The van der Waals surface area contributed by atoms with Gasteiger partial charge < -0.3 is 20.5 Å². The molecule has 0 saturated carbocycles. The van der Waals surface area contributed by atoms with E-state index in [1.807, 2.05) is 0 Å². The second-order valence-corrected chi connectivity index (χ2v) is 5.61. The molecule has 0 spiro atoms. The number of pyridine rings is 1. The van der Waals surface area contributed by atoms with Gasteiger partial charge in [0.05, 0.1) is 30.1 Å². The summed E-state index contributed by atoms with van der Waals surface area (Å²) < 4.78 is 32.9. The van der Waals surface area contributed by atoms with E-state index in [0.717, 1.165) is 28.6 Å². The number of nitrogens with two attached hydrogens (primary N) is 1. The normalized spacial score (nSPS) is 11.0. The number of furan rings is 1. The zero-order valence-corrected chi connectivity index (χ0v) is 13.2. The minimum absolute atomic E-state index is 0.285. The van der Waals surface area contributed by atoms with E-state index in [0.29, 0.717) is 5.65 Å². The van der Waals surface area contributed by atoms with E-state index in [1.54, 1.807) is 30.9 Å². The fraction of sp³-hybridized carbons (Fsp3) is 0. The molecule has 4 aromatic rings. The van der Waals surface area contributed by atoms with E-state index in [2.05, 4.69) is 15.3 Å². The zero-order valence-electron chi connectivity index (χ0n) is 13.2. The lowest BCUT2D eigenvalue weighted by molar-refractivity contribution is 0.101. The van der Waals surface area contributed by atoms with Gasteiger partial charge in [-0.3, -0.25) is 4.79 Å². The lowest BCUT2D eigenvalue weighted by Gasteiger charge is -2.08. The topological polar surface area (TPSA) is 96.9 Å². The summed E-state index contributed by atoms with van der Waals surface area (Å²) in [6.07, 6.45) is 6.26. The lowest BCUT2D eigenvalue weighted by Crippen LogP contribution is -2.17. The van der Waals surface area contributed by atoms with Crippen molar-refractivity contribution in [3.05, 3.63) is 66.4 Å². The number of benzene rings is 1. The number of fused-ring (bicyclic) bond motifs is 1. The first-order valence-corrected chi connectivity index (χ1v) is 7.59. The molecule has 8 heteroatoms. The number of nitrogens with zero attached hydrogens (tertiary/aromatic N) is 1. The monoisotopic (exact) mass is 354 g/mol. The van der Waals surface area contributed by atoms with Crippen molar-refractivity contribution in [1.82, 2.24) is 9.97 Å². The molecule has 0 bridgehead atoms. The summed E-state index contributed by atoms with van der Waals surface area (Å²) >= 11 is 0. The summed E-state index contributed by atoms with van der Waals surface area (Å²) in [6, 6.07) is 5.44. The fourth-order valence-electron chi connectivity index (χ4n) is 2.70. The summed E-state index contributed by atoms with van der Waals surface area (Å²) in [7, 11) is 0. The van der Waals surface area contributed by atoms with Crippen LogP contribution in [0.3, 0.4) is 0 Å². The molecule has 3 heterocycles. The van der Waals surface area contributed by atoms with Gasteiger partial charge in [-0.05, 0) is 24.3 Å². The van der Waals surface area contributed by atoms with Gasteiger partial charge in [0.2, 0.25) is 0 Å². The van der Waals surface area contributed by atoms with E-state index in [4.69, 9.17) is 10.2 Å². The van der Waals surface area contributed by atoms with Crippen LogP contribution in [0.5, 0.6) is 0 Å². The molecule has 0 aliphatic heterocycles. The number of nitrogen functional groups attached to an aromatic ring is 1. The predicted octanol–water partition coefficient (Wildman–Crippen LogP) is 3.94. The number of hydrogen-bond donors (Lipinski definition) is 3. The second-order valence-electron chi connectivity index (χ2n) is 5.61. The molecule has 0 unspecified atom stereocenters. The van der Waals surface area contributed by atoms with Crippen molar-refractivity contribution in [1.29, 1.82) is 0 Å². The van der Waals surface area contributed by atoms with E-state index >= 15 is 0 Å². The highest BCUT2D eigenvalue weighted by Gasteiger charge is 2.20. The van der Waals surface area contributed by atoms with Gasteiger partial charge in [-0.1, -0.05) is 0 Å². The van der Waals surface area contributed by atoms with Crippen LogP contribution in [0.15, 0.2) is 53.6 Å². The van der Waals surface area contributed by atoms with Gasteiger partial charge in [-0.15, -0.1) is 0 Å². The Kier molecular flexibility index (Phi) is 3.65. The number of aromatic amines is 1. The van der Waals surface area contributed by atoms with Crippen molar-refractivity contribution in [2.75, 3.05) is 11.1 Å². The first-order valence-electron chi connectivity index (χ1n) is 7.59. The minimum atomic E-state index is -1.10. The van der Waals surface area contributed by atoms with E-state index < -0.39 is 23.1 Å². The minimum Gasteiger partial charge on any atom is -0.472 e. The third kappa shape index (κ3) is 2.57. The Labute approximate surface area is 145 Å². The molecule has 0 fully saturated rings. The third-order valence-electron chi connectivity index (χ3n) is 3.97. The van der Waals surface area contributed by atoms with Gasteiger partial charge in [0.15, 0.2) is 5.82 Å². The molecule has 26 heavy (non-hydrogen) atoms. The van der Waals surface area contributed by atoms with Gasteiger partial charge in [0.1, 0.15) is 17.0 Å². The highest BCUT2D eigenvalue weighted by atomic mass is 19.1. The van der Waals surface area contributed by atoms with Gasteiger partial charge in [-0.25, -0.2) is 13.8 Å². The lowest BCUT2D eigenvalue weighted by atomic mass is 10.1. The molecule has 0 aliphatic rings. The van der Waals surface area contributed by atoms with Crippen molar-refractivity contribution in [2.24, 2.45) is 0 Å². The Morgan fingerprint density at radius 1 is 1.27 bits per heavy atom. The molecule has 0 saturated heterocycles. The number of rotatable bonds is 3. The molecule has 6 nitrogen and oxygen atoms in total. The molecule has 4 rings (SSSR count). The Morgan fingerprint density at radius 3 is 2.88 bits per heavy atom. The molecule has 1 amide bonds. The zero-order chi connectivity index (χ0) is 18.3. The Hall–Kier alpha value is -3.68. The maximum Gasteiger partial charge on any atom is 0.261 e. The molecule has 3 aromatic heterocycles. The van der Waals surface area contributed by atoms with Gasteiger partial charge in [0.25, 0.3) is 5.91 Å². The summed E-state index contributed by atoms with van der Waals surface area (Å²) in [6.45, 7) is 0. The van der Waals surface area contributed by atoms with Crippen molar-refractivity contribution in [3.63, 3.8) is 0 Å². The highest BCUT2D eigenvalue weighted by Crippen LogP contribution is 2.30. The maximum atomic E-state index is 14.0. The number of carbonyl (C=O) groups excluding carboxylic acids is 1. The van der Waals surface area contributed by atoms with Crippen LogP contribution in [0.4, 0.5) is 20.2 Å². The Balaban J connectivity index is 1.71.